The van der Waals surface area contributed by atoms with Crippen LogP contribution >= 0.6 is 0 Å². The van der Waals surface area contributed by atoms with Crippen molar-refractivity contribution in [2.45, 2.75) is 37.6 Å². The van der Waals surface area contributed by atoms with Gasteiger partial charge in [-0.25, -0.2) is 13.1 Å². The zero-order chi connectivity index (χ0) is 11.9. The molecule has 88 valence electrons. The van der Waals surface area contributed by atoms with E-state index in [9.17, 15) is 13.5 Å². The normalized spacial score (nSPS) is 16.4. The maximum atomic E-state index is 12.0. The summed E-state index contributed by atoms with van der Waals surface area (Å²) < 4.78 is 26.7. The average Bonchev–Trinajstić information content (AvgIpc) is 2.83. The number of hydrogen-bond acceptors (Lipinski definition) is 3. The van der Waals surface area contributed by atoms with Gasteiger partial charge >= 0.3 is 0 Å². The van der Waals surface area contributed by atoms with E-state index >= 15 is 0 Å². The molecule has 1 aromatic rings. The molecule has 1 aliphatic carbocycles. The van der Waals surface area contributed by atoms with Gasteiger partial charge in [0.05, 0.1) is 4.90 Å². The van der Waals surface area contributed by atoms with Gasteiger partial charge in [-0.3, -0.25) is 0 Å². The molecule has 0 amide bonds. The lowest BCUT2D eigenvalue weighted by Gasteiger charge is -2.11. The Balaban J connectivity index is 2.46. The molecule has 0 aliphatic heterocycles. The van der Waals surface area contributed by atoms with Crippen LogP contribution in [-0.2, 0) is 10.0 Å². The smallest absolute Gasteiger partial charge is 0.241 e. The van der Waals surface area contributed by atoms with E-state index in [1.54, 1.807) is 13.8 Å². The van der Waals surface area contributed by atoms with Crippen LogP contribution < -0.4 is 4.72 Å². The first-order chi connectivity index (χ1) is 7.40. The number of hydrogen-bond donors (Lipinski definition) is 2. The van der Waals surface area contributed by atoms with Crippen molar-refractivity contribution in [3.05, 3.63) is 23.3 Å². The quantitative estimate of drug-likeness (QED) is 0.841. The molecule has 2 rings (SSSR count). The largest absolute Gasteiger partial charge is 0.508 e. The molecule has 5 heteroatoms. The van der Waals surface area contributed by atoms with Gasteiger partial charge in [-0.1, -0.05) is 0 Å². The van der Waals surface area contributed by atoms with Crippen LogP contribution in [0.2, 0.25) is 0 Å². The van der Waals surface area contributed by atoms with Crippen LogP contribution in [0.3, 0.4) is 0 Å². The van der Waals surface area contributed by atoms with Gasteiger partial charge in [-0.05, 0) is 49.9 Å². The summed E-state index contributed by atoms with van der Waals surface area (Å²) in [7, 11) is -3.44. The fraction of sp³-hybridized carbons (Fsp3) is 0.455. The average molecular weight is 241 g/mol. The monoisotopic (exact) mass is 241 g/mol. The van der Waals surface area contributed by atoms with Crippen LogP contribution in [0.5, 0.6) is 5.75 Å². The summed E-state index contributed by atoms with van der Waals surface area (Å²) in [5, 5.41) is 9.36. The second kappa shape index (κ2) is 3.75. The number of aromatic hydroxyl groups is 1. The van der Waals surface area contributed by atoms with Crippen molar-refractivity contribution in [1.29, 1.82) is 0 Å². The Kier molecular flexibility index (Phi) is 2.67. The molecule has 4 nitrogen and oxygen atoms in total. The summed E-state index contributed by atoms with van der Waals surface area (Å²) in [6.45, 7) is 3.38. The Morgan fingerprint density at radius 2 is 1.75 bits per heavy atom. The van der Waals surface area contributed by atoms with Crippen LogP contribution in [0.25, 0.3) is 0 Å². The van der Waals surface area contributed by atoms with Crippen LogP contribution in [-0.4, -0.2) is 19.6 Å². The van der Waals surface area contributed by atoms with Gasteiger partial charge in [-0.15, -0.1) is 0 Å². The van der Waals surface area contributed by atoms with Gasteiger partial charge in [0.15, 0.2) is 0 Å². The number of benzene rings is 1. The highest BCUT2D eigenvalue weighted by atomic mass is 32.2. The SMILES string of the molecule is Cc1cc(O)cc(C)c1S(=O)(=O)NC1CC1. The minimum Gasteiger partial charge on any atom is -0.508 e. The second-order valence-corrected chi connectivity index (χ2v) is 5.96. The number of rotatable bonds is 3. The van der Waals surface area contributed by atoms with Crippen LogP contribution in [0.15, 0.2) is 17.0 Å². The fourth-order valence-corrected chi connectivity index (χ4v) is 3.59. The molecule has 0 bridgehead atoms. The van der Waals surface area contributed by atoms with Crippen molar-refractivity contribution < 1.29 is 13.5 Å². The Labute approximate surface area is 95.4 Å². The summed E-state index contributed by atoms with van der Waals surface area (Å²) in [5.41, 5.74) is 1.15. The van der Waals surface area contributed by atoms with Crippen molar-refractivity contribution in [1.82, 2.24) is 4.72 Å². The van der Waals surface area contributed by atoms with Crippen LogP contribution in [0.4, 0.5) is 0 Å². The lowest BCUT2D eigenvalue weighted by Crippen LogP contribution is -2.27. The minimum absolute atomic E-state index is 0.0950. The molecule has 1 fully saturated rings. The molecule has 1 saturated carbocycles. The first-order valence-corrected chi connectivity index (χ1v) is 6.71. The van der Waals surface area contributed by atoms with Crippen molar-refractivity contribution in [2.75, 3.05) is 0 Å². The Bertz CT molecular complexity index is 495. The molecule has 2 N–H and O–H groups in total. The number of sulfonamides is 1. The van der Waals surface area contributed by atoms with Crippen molar-refractivity contribution in [3.63, 3.8) is 0 Å². The van der Waals surface area contributed by atoms with Gasteiger partial charge in [0, 0.05) is 6.04 Å². The highest BCUT2D eigenvalue weighted by Crippen LogP contribution is 2.27. The Hall–Kier alpha value is -1.07. The van der Waals surface area contributed by atoms with Gasteiger partial charge in [-0.2, -0.15) is 0 Å². The lowest BCUT2D eigenvalue weighted by molar-refractivity contribution is 0.473. The first-order valence-electron chi connectivity index (χ1n) is 5.23. The topological polar surface area (TPSA) is 66.4 Å². The first kappa shape index (κ1) is 11.4. The second-order valence-electron chi connectivity index (χ2n) is 4.30. The summed E-state index contributed by atoms with van der Waals surface area (Å²) >= 11 is 0. The predicted molar refractivity (Wildman–Crippen MR) is 60.9 cm³/mol. The third-order valence-electron chi connectivity index (χ3n) is 2.61. The fourth-order valence-electron chi connectivity index (χ4n) is 1.83. The minimum atomic E-state index is -3.44. The van der Waals surface area contributed by atoms with Crippen molar-refractivity contribution in [2.24, 2.45) is 0 Å². The van der Waals surface area contributed by atoms with E-state index in [4.69, 9.17) is 0 Å². The van der Waals surface area contributed by atoms with E-state index in [2.05, 4.69) is 4.72 Å². The molecule has 0 spiro atoms. The molecule has 0 radical (unpaired) electrons. The molecule has 0 saturated heterocycles. The highest BCUT2D eigenvalue weighted by Gasteiger charge is 2.29. The zero-order valence-corrected chi connectivity index (χ0v) is 10.1. The third-order valence-corrected chi connectivity index (χ3v) is 4.44. The Morgan fingerprint density at radius 1 is 1.25 bits per heavy atom. The van der Waals surface area contributed by atoms with E-state index in [-0.39, 0.29) is 16.7 Å². The van der Waals surface area contributed by atoms with Gasteiger partial charge in [0.1, 0.15) is 5.75 Å². The molecule has 1 aliphatic rings. The standard InChI is InChI=1S/C11H15NO3S/c1-7-5-10(13)6-8(2)11(7)16(14,15)12-9-3-4-9/h5-6,9,12-13H,3-4H2,1-2H3. The van der Waals surface area contributed by atoms with E-state index in [1.807, 2.05) is 0 Å². The van der Waals surface area contributed by atoms with Crippen molar-refractivity contribution >= 4 is 10.0 Å². The molecule has 16 heavy (non-hydrogen) atoms. The summed E-state index contributed by atoms with van der Waals surface area (Å²) in [6.07, 6.45) is 1.82. The number of nitrogens with one attached hydrogen (secondary N) is 1. The zero-order valence-electron chi connectivity index (χ0n) is 9.32. The molecule has 0 atom stereocenters. The van der Waals surface area contributed by atoms with Crippen LogP contribution in [0.1, 0.15) is 24.0 Å². The van der Waals surface area contributed by atoms with E-state index in [0.717, 1.165) is 12.8 Å². The van der Waals surface area contributed by atoms with E-state index in [0.29, 0.717) is 11.1 Å². The molecule has 0 unspecified atom stereocenters. The van der Waals surface area contributed by atoms with E-state index < -0.39 is 10.0 Å². The predicted octanol–water partition coefficient (Wildman–Crippen LogP) is 1.45. The Morgan fingerprint density at radius 3 is 2.19 bits per heavy atom. The summed E-state index contributed by atoms with van der Waals surface area (Å²) in [6, 6.07) is 3.03. The maximum Gasteiger partial charge on any atom is 0.241 e. The highest BCUT2D eigenvalue weighted by molar-refractivity contribution is 7.89. The maximum absolute atomic E-state index is 12.0. The van der Waals surface area contributed by atoms with Gasteiger partial charge in [0.25, 0.3) is 0 Å². The number of phenolic OH excluding ortho intramolecular Hbond substituents is 1. The lowest BCUT2D eigenvalue weighted by atomic mass is 10.1. The molecular weight excluding hydrogens is 226 g/mol. The third kappa shape index (κ3) is 2.20. The molecule has 0 aromatic heterocycles. The summed E-state index contributed by atoms with van der Waals surface area (Å²) in [4.78, 5) is 0.289. The number of phenols is 1. The molecular formula is C11H15NO3S. The summed E-state index contributed by atoms with van der Waals surface area (Å²) in [5.74, 6) is 0.0976. The molecule has 0 heterocycles. The van der Waals surface area contributed by atoms with Gasteiger partial charge < -0.3 is 5.11 Å². The number of aryl methyl sites for hydroxylation is 2. The van der Waals surface area contributed by atoms with Crippen molar-refractivity contribution in [3.8, 4) is 5.75 Å². The van der Waals surface area contributed by atoms with E-state index in [1.165, 1.54) is 12.1 Å². The van der Waals surface area contributed by atoms with Crippen LogP contribution in [0, 0.1) is 13.8 Å². The molecule has 1 aromatic carbocycles. The van der Waals surface area contributed by atoms with Gasteiger partial charge in [0.2, 0.25) is 10.0 Å².